The Morgan fingerprint density at radius 2 is 2.10 bits per heavy atom. The lowest BCUT2D eigenvalue weighted by molar-refractivity contribution is 0.149. The number of benzene rings is 1. The average molecular weight is 302 g/mol. The van der Waals surface area contributed by atoms with Crippen LogP contribution in [0.25, 0.3) is 0 Å². The maximum absolute atomic E-state index is 11.4. The highest BCUT2D eigenvalue weighted by Crippen LogP contribution is 2.29. The zero-order valence-electron chi connectivity index (χ0n) is 12.0. The van der Waals surface area contributed by atoms with Gasteiger partial charge in [-0.05, 0) is 24.6 Å². The lowest BCUT2D eigenvalue weighted by atomic mass is 9.88. The maximum Gasteiger partial charge on any atom is 0.238 e. The number of methoxy groups -OCH3 is 1. The Morgan fingerprint density at radius 3 is 2.55 bits per heavy atom. The van der Waals surface area contributed by atoms with Crippen LogP contribution in [0.15, 0.2) is 23.1 Å². The number of aliphatic hydroxyl groups excluding tert-OH is 1. The first-order valence-corrected chi connectivity index (χ1v) is 7.86. The Kier molecular flexibility index (Phi) is 5.38. The Labute approximate surface area is 120 Å². The standard InChI is InChI=1S/C13H22N2O4S/c1-4-13(2,9-16)8-15-11-7-10(20(14,17)18)5-6-12(11)19-3/h5-7,15-16H,4,8-9H2,1-3H3,(H2,14,17,18). The van der Waals surface area contributed by atoms with Gasteiger partial charge in [-0.25, -0.2) is 13.6 Å². The summed E-state index contributed by atoms with van der Waals surface area (Å²) in [6.07, 6.45) is 0.785. The van der Waals surface area contributed by atoms with Crippen molar-refractivity contribution in [2.45, 2.75) is 25.2 Å². The van der Waals surface area contributed by atoms with Crippen LogP contribution in [-0.2, 0) is 10.0 Å². The van der Waals surface area contributed by atoms with Crippen molar-refractivity contribution in [1.29, 1.82) is 0 Å². The molecule has 114 valence electrons. The van der Waals surface area contributed by atoms with Crippen LogP contribution in [0, 0.1) is 5.41 Å². The Balaban J connectivity index is 3.04. The molecule has 1 aromatic carbocycles. The fourth-order valence-electron chi connectivity index (χ4n) is 1.60. The molecule has 0 aliphatic heterocycles. The summed E-state index contributed by atoms with van der Waals surface area (Å²) in [7, 11) is -2.26. The van der Waals surface area contributed by atoms with E-state index in [4.69, 9.17) is 9.88 Å². The summed E-state index contributed by atoms with van der Waals surface area (Å²) in [5.74, 6) is 0.522. The van der Waals surface area contributed by atoms with E-state index >= 15 is 0 Å². The van der Waals surface area contributed by atoms with Gasteiger partial charge in [0.1, 0.15) is 5.75 Å². The molecule has 7 heteroatoms. The zero-order chi connectivity index (χ0) is 15.4. The molecule has 0 radical (unpaired) electrons. The molecule has 20 heavy (non-hydrogen) atoms. The van der Waals surface area contributed by atoms with Crippen LogP contribution in [0.2, 0.25) is 0 Å². The highest BCUT2D eigenvalue weighted by Gasteiger charge is 2.21. The summed E-state index contributed by atoms with van der Waals surface area (Å²) in [4.78, 5) is 0.0167. The zero-order valence-corrected chi connectivity index (χ0v) is 12.8. The number of rotatable bonds is 7. The largest absolute Gasteiger partial charge is 0.495 e. The second-order valence-electron chi connectivity index (χ2n) is 5.08. The van der Waals surface area contributed by atoms with E-state index in [2.05, 4.69) is 5.32 Å². The number of anilines is 1. The van der Waals surface area contributed by atoms with E-state index in [0.29, 0.717) is 18.0 Å². The molecule has 1 aromatic rings. The van der Waals surface area contributed by atoms with Crippen LogP contribution in [0.5, 0.6) is 5.75 Å². The van der Waals surface area contributed by atoms with Gasteiger partial charge in [-0.2, -0.15) is 0 Å². The van der Waals surface area contributed by atoms with Gasteiger partial charge in [-0.15, -0.1) is 0 Å². The third-order valence-electron chi connectivity index (χ3n) is 3.44. The van der Waals surface area contributed by atoms with Crippen molar-refractivity contribution in [3.05, 3.63) is 18.2 Å². The minimum absolute atomic E-state index is 0.0167. The summed E-state index contributed by atoms with van der Waals surface area (Å²) in [5.41, 5.74) is 0.245. The fraction of sp³-hybridized carbons (Fsp3) is 0.538. The van der Waals surface area contributed by atoms with E-state index in [-0.39, 0.29) is 16.9 Å². The van der Waals surface area contributed by atoms with Crippen LogP contribution in [-0.4, -0.2) is 33.8 Å². The minimum atomic E-state index is -3.76. The smallest absolute Gasteiger partial charge is 0.238 e. The summed E-state index contributed by atoms with van der Waals surface area (Å²) >= 11 is 0. The molecule has 0 bridgehead atoms. The minimum Gasteiger partial charge on any atom is -0.495 e. The van der Waals surface area contributed by atoms with Gasteiger partial charge in [0.2, 0.25) is 10.0 Å². The van der Waals surface area contributed by atoms with Gasteiger partial charge < -0.3 is 15.2 Å². The fourth-order valence-corrected chi connectivity index (χ4v) is 2.14. The quantitative estimate of drug-likeness (QED) is 0.701. The number of aliphatic hydroxyl groups is 1. The number of nitrogens with two attached hydrogens (primary N) is 1. The first-order valence-electron chi connectivity index (χ1n) is 6.31. The van der Waals surface area contributed by atoms with Crippen LogP contribution in [0.3, 0.4) is 0 Å². The van der Waals surface area contributed by atoms with Crippen molar-refractivity contribution in [3.8, 4) is 5.75 Å². The Bertz CT molecular complexity index is 553. The van der Waals surface area contributed by atoms with Crippen LogP contribution in [0.1, 0.15) is 20.3 Å². The van der Waals surface area contributed by atoms with Gasteiger partial charge in [0.15, 0.2) is 0 Å². The molecule has 0 aliphatic carbocycles. The number of hydrogen-bond acceptors (Lipinski definition) is 5. The van der Waals surface area contributed by atoms with Gasteiger partial charge >= 0.3 is 0 Å². The van der Waals surface area contributed by atoms with E-state index in [1.807, 2.05) is 13.8 Å². The van der Waals surface area contributed by atoms with Gasteiger partial charge in [-0.3, -0.25) is 0 Å². The Hall–Kier alpha value is -1.31. The molecule has 1 rings (SSSR count). The third-order valence-corrected chi connectivity index (χ3v) is 4.35. The molecule has 0 amide bonds. The molecule has 0 aromatic heterocycles. The number of hydrogen-bond donors (Lipinski definition) is 3. The topological polar surface area (TPSA) is 102 Å². The molecule has 1 unspecified atom stereocenters. The SMILES string of the molecule is CCC(C)(CO)CNc1cc(S(N)(=O)=O)ccc1OC. The van der Waals surface area contributed by atoms with E-state index in [1.54, 1.807) is 6.07 Å². The average Bonchev–Trinajstić information content (AvgIpc) is 2.43. The van der Waals surface area contributed by atoms with Gasteiger partial charge in [0, 0.05) is 12.0 Å². The highest BCUT2D eigenvalue weighted by molar-refractivity contribution is 7.89. The molecule has 0 heterocycles. The van der Waals surface area contributed by atoms with Gasteiger partial charge in [0.05, 0.1) is 24.3 Å². The van der Waals surface area contributed by atoms with Crippen molar-refractivity contribution in [2.75, 3.05) is 25.6 Å². The molecule has 6 nitrogen and oxygen atoms in total. The van der Waals surface area contributed by atoms with E-state index in [0.717, 1.165) is 6.42 Å². The highest BCUT2D eigenvalue weighted by atomic mass is 32.2. The normalized spacial score (nSPS) is 14.7. The molecule has 0 saturated heterocycles. The van der Waals surface area contributed by atoms with Gasteiger partial charge in [0.25, 0.3) is 0 Å². The van der Waals surface area contributed by atoms with Crippen LogP contribution >= 0.6 is 0 Å². The molecule has 0 saturated carbocycles. The number of ether oxygens (including phenoxy) is 1. The molecule has 0 aliphatic rings. The Morgan fingerprint density at radius 1 is 1.45 bits per heavy atom. The van der Waals surface area contributed by atoms with E-state index in [9.17, 15) is 13.5 Å². The third kappa shape index (κ3) is 4.09. The lowest BCUT2D eigenvalue weighted by Gasteiger charge is -2.27. The van der Waals surface area contributed by atoms with Crippen LogP contribution < -0.4 is 15.2 Å². The molecule has 4 N–H and O–H groups in total. The monoisotopic (exact) mass is 302 g/mol. The molecular weight excluding hydrogens is 280 g/mol. The molecule has 1 atom stereocenters. The van der Waals surface area contributed by atoms with Crippen LogP contribution in [0.4, 0.5) is 5.69 Å². The number of sulfonamides is 1. The first-order chi connectivity index (χ1) is 9.25. The summed E-state index contributed by atoms with van der Waals surface area (Å²) in [6.45, 7) is 4.45. The second kappa shape index (κ2) is 6.43. The molecular formula is C13H22N2O4S. The predicted molar refractivity (Wildman–Crippen MR) is 78.3 cm³/mol. The second-order valence-corrected chi connectivity index (χ2v) is 6.64. The predicted octanol–water partition coefficient (Wildman–Crippen LogP) is 1.16. The summed E-state index contributed by atoms with van der Waals surface area (Å²) < 4.78 is 27.9. The lowest BCUT2D eigenvalue weighted by Crippen LogP contribution is -2.29. The van der Waals surface area contributed by atoms with Crippen molar-refractivity contribution >= 4 is 15.7 Å². The van der Waals surface area contributed by atoms with E-state index < -0.39 is 10.0 Å². The van der Waals surface area contributed by atoms with Crippen molar-refractivity contribution in [3.63, 3.8) is 0 Å². The van der Waals surface area contributed by atoms with Gasteiger partial charge in [-0.1, -0.05) is 13.8 Å². The maximum atomic E-state index is 11.4. The molecule has 0 spiro atoms. The van der Waals surface area contributed by atoms with Crippen molar-refractivity contribution in [2.24, 2.45) is 10.6 Å². The van der Waals surface area contributed by atoms with Crippen molar-refractivity contribution < 1.29 is 18.3 Å². The first kappa shape index (κ1) is 16.7. The van der Waals surface area contributed by atoms with Crippen molar-refractivity contribution in [1.82, 2.24) is 0 Å². The number of nitrogens with one attached hydrogen (secondary N) is 1. The summed E-state index contributed by atoms with van der Waals surface area (Å²) in [6, 6.07) is 4.37. The number of primary sulfonamides is 1. The summed E-state index contributed by atoms with van der Waals surface area (Å²) in [5, 5.41) is 17.6. The van der Waals surface area contributed by atoms with E-state index in [1.165, 1.54) is 19.2 Å². The molecule has 0 fully saturated rings.